The van der Waals surface area contributed by atoms with Gasteiger partial charge in [0, 0.05) is 12.5 Å². The molecule has 4 nitrogen and oxygen atoms in total. The molecule has 2 atom stereocenters. The minimum absolute atomic E-state index is 0.00282. The Morgan fingerprint density at radius 2 is 1.82 bits per heavy atom. The SMILES string of the molecule is C[C@@H](NC(=O)[C@@H]1CCCN1C(=O)C1CCCCC1)c1cccc(C(F)(F)F)c1. The molecule has 7 heteroatoms. The van der Waals surface area contributed by atoms with Gasteiger partial charge in [0.05, 0.1) is 11.6 Å². The van der Waals surface area contributed by atoms with Crippen LogP contribution in [-0.4, -0.2) is 29.3 Å². The normalized spacial score (nSPS) is 22.1. The fourth-order valence-electron chi connectivity index (χ4n) is 4.26. The molecule has 1 aliphatic carbocycles. The average Bonchev–Trinajstić information content (AvgIpc) is 3.17. The number of carbonyl (C=O) groups is 2. The molecule has 2 amide bonds. The number of benzene rings is 1. The van der Waals surface area contributed by atoms with Crippen molar-refractivity contribution in [2.24, 2.45) is 5.92 Å². The maximum Gasteiger partial charge on any atom is 0.416 e. The largest absolute Gasteiger partial charge is 0.416 e. The van der Waals surface area contributed by atoms with Gasteiger partial charge in [-0.1, -0.05) is 31.4 Å². The van der Waals surface area contributed by atoms with E-state index >= 15 is 0 Å². The molecule has 2 fully saturated rings. The zero-order chi connectivity index (χ0) is 20.3. The first-order valence-electron chi connectivity index (χ1n) is 10.1. The van der Waals surface area contributed by atoms with E-state index in [4.69, 9.17) is 0 Å². The van der Waals surface area contributed by atoms with E-state index in [-0.39, 0.29) is 17.7 Å². The maximum atomic E-state index is 12.9. The summed E-state index contributed by atoms with van der Waals surface area (Å²) in [5.41, 5.74) is -0.340. The summed E-state index contributed by atoms with van der Waals surface area (Å²) in [5, 5.41) is 2.80. The molecule has 0 aromatic heterocycles. The molecule has 3 rings (SSSR count). The Morgan fingerprint density at radius 3 is 2.50 bits per heavy atom. The zero-order valence-corrected chi connectivity index (χ0v) is 16.1. The minimum Gasteiger partial charge on any atom is -0.348 e. The van der Waals surface area contributed by atoms with Crippen LogP contribution in [0.2, 0.25) is 0 Å². The van der Waals surface area contributed by atoms with Crippen molar-refractivity contribution in [3.63, 3.8) is 0 Å². The van der Waals surface area contributed by atoms with Crippen LogP contribution in [0.4, 0.5) is 13.2 Å². The highest BCUT2D eigenvalue weighted by Gasteiger charge is 2.38. The molecule has 1 heterocycles. The lowest BCUT2D eigenvalue weighted by Gasteiger charge is -2.30. The van der Waals surface area contributed by atoms with Crippen LogP contribution in [-0.2, 0) is 15.8 Å². The number of alkyl halides is 3. The van der Waals surface area contributed by atoms with Crippen LogP contribution < -0.4 is 5.32 Å². The minimum atomic E-state index is -4.42. The molecule has 28 heavy (non-hydrogen) atoms. The molecule has 0 spiro atoms. The third kappa shape index (κ3) is 4.67. The van der Waals surface area contributed by atoms with Crippen LogP contribution in [0.5, 0.6) is 0 Å². The van der Waals surface area contributed by atoms with Gasteiger partial charge in [-0.2, -0.15) is 13.2 Å². The van der Waals surface area contributed by atoms with Gasteiger partial charge in [-0.05, 0) is 50.3 Å². The van der Waals surface area contributed by atoms with Crippen molar-refractivity contribution in [2.75, 3.05) is 6.54 Å². The highest BCUT2D eigenvalue weighted by atomic mass is 19.4. The summed E-state index contributed by atoms with van der Waals surface area (Å²) in [6, 6.07) is 3.89. The molecular formula is C21H27F3N2O2. The molecule has 1 N–H and O–H groups in total. The molecule has 0 bridgehead atoms. The molecule has 0 unspecified atom stereocenters. The number of amides is 2. The summed E-state index contributed by atoms with van der Waals surface area (Å²) in [4.78, 5) is 27.3. The van der Waals surface area contributed by atoms with Gasteiger partial charge in [-0.3, -0.25) is 9.59 Å². The van der Waals surface area contributed by atoms with E-state index in [0.717, 1.165) is 50.7 Å². The van der Waals surface area contributed by atoms with Crippen LogP contribution in [0.15, 0.2) is 24.3 Å². The third-order valence-corrected chi connectivity index (χ3v) is 5.87. The van der Waals surface area contributed by atoms with Gasteiger partial charge >= 0.3 is 6.18 Å². The molecule has 1 aliphatic heterocycles. The second-order valence-electron chi connectivity index (χ2n) is 7.88. The Bertz CT molecular complexity index is 714. The summed E-state index contributed by atoms with van der Waals surface area (Å²) in [6.07, 6.45) is 1.96. The number of halogens is 3. The van der Waals surface area contributed by atoms with Crippen molar-refractivity contribution in [1.29, 1.82) is 0 Å². The molecule has 1 saturated carbocycles. The van der Waals surface area contributed by atoms with E-state index in [0.29, 0.717) is 18.5 Å². The molecule has 1 aromatic rings. The highest BCUT2D eigenvalue weighted by molar-refractivity contribution is 5.89. The van der Waals surface area contributed by atoms with Crippen molar-refractivity contribution >= 4 is 11.8 Å². The van der Waals surface area contributed by atoms with Gasteiger partial charge < -0.3 is 10.2 Å². The molecular weight excluding hydrogens is 369 g/mol. The van der Waals surface area contributed by atoms with Gasteiger partial charge in [0.25, 0.3) is 0 Å². The van der Waals surface area contributed by atoms with Gasteiger partial charge in [0.2, 0.25) is 11.8 Å². The topological polar surface area (TPSA) is 49.4 Å². The monoisotopic (exact) mass is 396 g/mol. The van der Waals surface area contributed by atoms with Crippen molar-refractivity contribution in [1.82, 2.24) is 10.2 Å². The lowest BCUT2D eigenvalue weighted by molar-refractivity contribution is -0.142. The zero-order valence-electron chi connectivity index (χ0n) is 16.1. The van der Waals surface area contributed by atoms with E-state index < -0.39 is 23.8 Å². The van der Waals surface area contributed by atoms with Crippen molar-refractivity contribution in [3.05, 3.63) is 35.4 Å². The number of nitrogens with one attached hydrogen (secondary N) is 1. The van der Waals surface area contributed by atoms with Crippen LogP contribution in [0.3, 0.4) is 0 Å². The second kappa shape index (κ2) is 8.53. The first-order chi connectivity index (χ1) is 13.3. The molecule has 0 radical (unpaired) electrons. The van der Waals surface area contributed by atoms with Crippen LogP contribution in [0.1, 0.15) is 69.0 Å². The molecule has 1 aromatic carbocycles. The fourth-order valence-corrected chi connectivity index (χ4v) is 4.26. The van der Waals surface area contributed by atoms with Crippen molar-refractivity contribution in [3.8, 4) is 0 Å². The van der Waals surface area contributed by atoms with Crippen LogP contribution in [0.25, 0.3) is 0 Å². The van der Waals surface area contributed by atoms with Crippen LogP contribution in [0, 0.1) is 5.92 Å². The number of carbonyl (C=O) groups excluding carboxylic acids is 2. The summed E-state index contributed by atoms with van der Waals surface area (Å²) >= 11 is 0. The first kappa shape index (κ1) is 20.7. The Labute approximate surface area is 163 Å². The summed E-state index contributed by atoms with van der Waals surface area (Å²) in [6.45, 7) is 2.24. The first-order valence-corrected chi connectivity index (χ1v) is 10.1. The summed E-state index contributed by atoms with van der Waals surface area (Å²) < 4.78 is 38.8. The standard InChI is InChI=1S/C21H27F3N2O2/c1-14(16-9-5-10-17(13-16)21(22,23)24)25-19(27)18-11-6-12-26(18)20(28)15-7-3-2-4-8-15/h5,9-10,13-15,18H,2-4,6-8,11-12H2,1H3,(H,25,27)/t14-,18+/m1/s1. The average molecular weight is 396 g/mol. The highest BCUT2D eigenvalue weighted by Crippen LogP contribution is 2.31. The molecule has 2 aliphatic rings. The molecule has 1 saturated heterocycles. The van der Waals surface area contributed by atoms with Crippen molar-refractivity contribution < 1.29 is 22.8 Å². The van der Waals surface area contributed by atoms with Gasteiger partial charge in [-0.15, -0.1) is 0 Å². The third-order valence-electron chi connectivity index (χ3n) is 5.87. The van der Waals surface area contributed by atoms with Gasteiger partial charge in [-0.25, -0.2) is 0 Å². The van der Waals surface area contributed by atoms with Gasteiger partial charge in [0.15, 0.2) is 0 Å². The van der Waals surface area contributed by atoms with E-state index in [1.165, 1.54) is 6.07 Å². The van der Waals surface area contributed by atoms with Crippen molar-refractivity contribution in [2.45, 2.75) is 70.1 Å². The number of hydrogen-bond acceptors (Lipinski definition) is 2. The molecule has 154 valence electrons. The van der Waals surface area contributed by atoms with E-state index in [9.17, 15) is 22.8 Å². The Morgan fingerprint density at radius 1 is 1.11 bits per heavy atom. The van der Waals surface area contributed by atoms with E-state index in [1.54, 1.807) is 17.9 Å². The summed E-state index contributed by atoms with van der Waals surface area (Å²) in [7, 11) is 0. The van der Waals surface area contributed by atoms with Crippen LogP contribution >= 0.6 is 0 Å². The number of hydrogen-bond donors (Lipinski definition) is 1. The number of likely N-dealkylation sites (tertiary alicyclic amines) is 1. The van der Waals surface area contributed by atoms with E-state index in [1.807, 2.05) is 0 Å². The predicted octanol–water partition coefficient (Wildman–Crippen LogP) is 4.45. The lowest BCUT2D eigenvalue weighted by Crippen LogP contribution is -2.48. The predicted molar refractivity (Wildman–Crippen MR) is 99.3 cm³/mol. The quantitative estimate of drug-likeness (QED) is 0.817. The van der Waals surface area contributed by atoms with E-state index in [2.05, 4.69) is 5.32 Å². The Balaban J connectivity index is 1.65. The number of rotatable bonds is 4. The maximum absolute atomic E-state index is 12.9. The lowest BCUT2D eigenvalue weighted by atomic mass is 9.88. The Kier molecular flexibility index (Phi) is 6.30. The van der Waals surface area contributed by atoms with Gasteiger partial charge in [0.1, 0.15) is 6.04 Å². The number of nitrogens with zero attached hydrogens (tertiary/aromatic N) is 1. The second-order valence-corrected chi connectivity index (χ2v) is 7.88. The summed E-state index contributed by atoms with van der Waals surface area (Å²) in [5.74, 6) is -0.223. The fraction of sp³-hybridized carbons (Fsp3) is 0.619. The Hall–Kier alpha value is -2.05. The smallest absolute Gasteiger partial charge is 0.348 e.